The molecule has 4 nitrogen and oxygen atoms in total. The fourth-order valence-electron chi connectivity index (χ4n) is 2.00. The molecular weight excluding hydrogens is 273 g/mol. The van der Waals surface area contributed by atoms with Gasteiger partial charge in [0.05, 0.1) is 13.2 Å². The molecule has 116 valence electrons. The number of carbonyl (C=O) groups is 1. The molecule has 1 aliphatic rings. The second-order valence-corrected chi connectivity index (χ2v) is 5.29. The number of hydrogen-bond acceptors (Lipinski definition) is 4. The zero-order valence-electron chi connectivity index (χ0n) is 12.5. The Morgan fingerprint density at radius 2 is 2.24 bits per heavy atom. The third-order valence-corrected chi connectivity index (χ3v) is 3.40. The molecule has 1 aliphatic carbocycles. The van der Waals surface area contributed by atoms with E-state index in [0.29, 0.717) is 37.0 Å². The maximum Gasteiger partial charge on any atom is 0.323 e. The summed E-state index contributed by atoms with van der Waals surface area (Å²) in [7, 11) is 0. The topological polar surface area (TPSA) is 47.6 Å². The van der Waals surface area contributed by atoms with Crippen molar-refractivity contribution in [2.24, 2.45) is 0 Å². The maximum absolute atomic E-state index is 13.4. The van der Waals surface area contributed by atoms with Gasteiger partial charge in [-0.25, -0.2) is 4.39 Å². The number of hydrogen-bond donors (Lipinski definition) is 1. The van der Waals surface area contributed by atoms with E-state index < -0.39 is 0 Å². The lowest BCUT2D eigenvalue weighted by Gasteiger charge is -2.17. The molecule has 2 rings (SSSR count). The van der Waals surface area contributed by atoms with Gasteiger partial charge < -0.3 is 14.8 Å². The highest BCUT2D eigenvalue weighted by molar-refractivity contribution is 5.75. The van der Waals surface area contributed by atoms with Gasteiger partial charge in [0, 0.05) is 18.5 Å². The maximum atomic E-state index is 13.4. The minimum atomic E-state index is -0.354. The van der Waals surface area contributed by atoms with Crippen LogP contribution in [0.2, 0.25) is 0 Å². The molecular formula is C16H22FNO3. The van der Waals surface area contributed by atoms with Crippen LogP contribution in [0, 0.1) is 12.7 Å². The molecule has 1 fully saturated rings. The minimum absolute atomic E-state index is 0.247. The van der Waals surface area contributed by atoms with E-state index in [2.05, 4.69) is 5.32 Å². The number of rotatable bonds is 8. The van der Waals surface area contributed by atoms with Crippen LogP contribution < -0.4 is 10.1 Å². The second kappa shape index (κ2) is 7.41. The van der Waals surface area contributed by atoms with Gasteiger partial charge in [-0.1, -0.05) is 6.07 Å². The van der Waals surface area contributed by atoms with E-state index in [4.69, 9.17) is 9.47 Å². The summed E-state index contributed by atoms with van der Waals surface area (Å²) in [5.74, 6) is -0.0548. The summed E-state index contributed by atoms with van der Waals surface area (Å²) in [6.45, 7) is 4.20. The second-order valence-electron chi connectivity index (χ2n) is 5.29. The lowest BCUT2D eigenvalue weighted by Crippen LogP contribution is -2.40. The SMILES string of the molecule is CCOC(=O)C(CCOc1ccc(C)c(F)c1)NC1CC1. The zero-order valence-corrected chi connectivity index (χ0v) is 12.5. The van der Waals surface area contributed by atoms with Crippen LogP contribution in [0.3, 0.4) is 0 Å². The fourth-order valence-corrected chi connectivity index (χ4v) is 2.00. The predicted octanol–water partition coefficient (Wildman–Crippen LogP) is 2.59. The van der Waals surface area contributed by atoms with Crippen molar-refractivity contribution in [3.63, 3.8) is 0 Å². The molecule has 1 unspecified atom stereocenters. The van der Waals surface area contributed by atoms with Gasteiger partial charge in [-0.3, -0.25) is 4.79 Å². The van der Waals surface area contributed by atoms with E-state index in [-0.39, 0.29) is 17.8 Å². The highest BCUT2D eigenvalue weighted by Gasteiger charge is 2.29. The number of esters is 1. The standard InChI is InChI=1S/C16H22FNO3/c1-3-20-16(19)15(18-12-5-6-12)8-9-21-13-7-4-11(2)14(17)10-13/h4,7,10,12,15,18H,3,5-6,8-9H2,1-2H3. The third kappa shape index (κ3) is 5.01. The van der Waals surface area contributed by atoms with Gasteiger partial charge in [0.25, 0.3) is 0 Å². The van der Waals surface area contributed by atoms with Crippen molar-refractivity contribution in [1.82, 2.24) is 5.32 Å². The summed E-state index contributed by atoms with van der Waals surface area (Å²) < 4.78 is 24.0. The highest BCUT2D eigenvalue weighted by atomic mass is 19.1. The van der Waals surface area contributed by atoms with Crippen molar-refractivity contribution < 1.29 is 18.7 Å². The smallest absolute Gasteiger partial charge is 0.323 e. The lowest BCUT2D eigenvalue weighted by molar-refractivity contribution is -0.146. The molecule has 21 heavy (non-hydrogen) atoms. The third-order valence-electron chi connectivity index (χ3n) is 3.40. The number of benzene rings is 1. The van der Waals surface area contributed by atoms with Gasteiger partial charge in [-0.15, -0.1) is 0 Å². The van der Waals surface area contributed by atoms with Gasteiger partial charge in [0.2, 0.25) is 0 Å². The Labute approximate surface area is 124 Å². The summed E-state index contributed by atoms with van der Waals surface area (Å²) in [6, 6.07) is 4.83. The average molecular weight is 295 g/mol. The molecule has 1 aromatic carbocycles. The zero-order chi connectivity index (χ0) is 15.2. The number of nitrogens with one attached hydrogen (secondary N) is 1. The van der Waals surface area contributed by atoms with Crippen LogP contribution in [0.15, 0.2) is 18.2 Å². The quantitative estimate of drug-likeness (QED) is 0.749. The molecule has 0 spiro atoms. The molecule has 0 heterocycles. The number of ether oxygens (including phenoxy) is 2. The number of halogens is 1. The molecule has 0 radical (unpaired) electrons. The van der Waals surface area contributed by atoms with Crippen LogP contribution in [0.5, 0.6) is 5.75 Å². The minimum Gasteiger partial charge on any atom is -0.493 e. The first kappa shape index (κ1) is 15.8. The van der Waals surface area contributed by atoms with Crippen molar-refractivity contribution in [1.29, 1.82) is 0 Å². The van der Waals surface area contributed by atoms with Crippen molar-refractivity contribution in [2.75, 3.05) is 13.2 Å². The van der Waals surface area contributed by atoms with Crippen LogP contribution in [-0.2, 0) is 9.53 Å². The summed E-state index contributed by atoms with van der Waals surface area (Å²) in [5.41, 5.74) is 0.585. The summed E-state index contributed by atoms with van der Waals surface area (Å²) in [6.07, 6.45) is 2.70. The van der Waals surface area contributed by atoms with Gasteiger partial charge in [0.15, 0.2) is 0 Å². The van der Waals surface area contributed by atoms with Gasteiger partial charge in [-0.05, 0) is 38.3 Å². The first-order valence-corrected chi connectivity index (χ1v) is 7.41. The van der Waals surface area contributed by atoms with Crippen LogP contribution in [0.4, 0.5) is 4.39 Å². The summed E-state index contributed by atoms with van der Waals surface area (Å²) >= 11 is 0. The predicted molar refractivity (Wildman–Crippen MR) is 77.8 cm³/mol. The fraction of sp³-hybridized carbons (Fsp3) is 0.562. The number of carbonyl (C=O) groups excluding carboxylic acids is 1. The molecule has 5 heteroatoms. The Kier molecular flexibility index (Phi) is 5.56. The van der Waals surface area contributed by atoms with E-state index in [1.807, 2.05) is 0 Å². The van der Waals surface area contributed by atoms with Crippen molar-refractivity contribution in [3.8, 4) is 5.75 Å². The van der Waals surface area contributed by atoms with Gasteiger partial charge in [0.1, 0.15) is 17.6 Å². The largest absolute Gasteiger partial charge is 0.493 e. The van der Waals surface area contributed by atoms with Crippen LogP contribution >= 0.6 is 0 Å². The van der Waals surface area contributed by atoms with Crippen molar-refractivity contribution in [3.05, 3.63) is 29.6 Å². The molecule has 1 N–H and O–H groups in total. The number of aryl methyl sites for hydroxylation is 1. The molecule has 0 amide bonds. The van der Waals surface area contributed by atoms with Crippen molar-refractivity contribution in [2.45, 2.75) is 45.2 Å². The van der Waals surface area contributed by atoms with E-state index in [0.717, 1.165) is 12.8 Å². The molecule has 0 bridgehead atoms. The van der Waals surface area contributed by atoms with Gasteiger partial charge in [-0.2, -0.15) is 0 Å². The molecule has 0 saturated heterocycles. The Bertz CT molecular complexity index is 488. The Morgan fingerprint density at radius 3 is 2.86 bits per heavy atom. The molecule has 1 atom stereocenters. The van der Waals surface area contributed by atoms with E-state index in [1.165, 1.54) is 6.07 Å². The first-order chi connectivity index (χ1) is 10.1. The molecule has 1 aromatic rings. The van der Waals surface area contributed by atoms with E-state index >= 15 is 0 Å². The molecule has 0 aliphatic heterocycles. The Balaban J connectivity index is 1.82. The van der Waals surface area contributed by atoms with Crippen LogP contribution in [-0.4, -0.2) is 31.3 Å². The van der Waals surface area contributed by atoms with Crippen molar-refractivity contribution >= 4 is 5.97 Å². The Hall–Kier alpha value is -1.62. The monoisotopic (exact) mass is 295 g/mol. The van der Waals surface area contributed by atoms with Crippen LogP contribution in [0.1, 0.15) is 31.7 Å². The van der Waals surface area contributed by atoms with Crippen LogP contribution in [0.25, 0.3) is 0 Å². The molecule has 0 aromatic heterocycles. The highest BCUT2D eigenvalue weighted by Crippen LogP contribution is 2.21. The summed E-state index contributed by atoms with van der Waals surface area (Å²) in [4.78, 5) is 11.8. The van der Waals surface area contributed by atoms with E-state index in [9.17, 15) is 9.18 Å². The lowest BCUT2D eigenvalue weighted by atomic mass is 10.2. The average Bonchev–Trinajstić information content (AvgIpc) is 3.26. The molecule has 1 saturated carbocycles. The normalized spacial score (nSPS) is 15.6. The first-order valence-electron chi connectivity index (χ1n) is 7.41. The van der Waals surface area contributed by atoms with Gasteiger partial charge >= 0.3 is 5.97 Å². The van der Waals surface area contributed by atoms with E-state index in [1.54, 1.807) is 26.0 Å². The summed E-state index contributed by atoms with van der Waals surface area (Å²) in [5, 5.41) is 3.25. The Morgan fingerprint density at radius 1 is 1.48 bits per heavy atom.